The van der Waals surface area contributed by atoms with Crippen LogP contribution in [-0.2, 0) is 11.3 Å². The van der Waals surface area contributed by atoms with Gasteiger partial charge in [-0.2, -0.15) is 0 Å². The number of rotatable bonds is 8. The molecule has 3 rings (SSSR count). The highest BCUT2D eigenvalue weighted by atomic mass is 32.1. The Kier molecular flexibility index (Phi) is 8.21. The molecule has 0 bridgehead atoms. The molecule has 5 nitrogen and oxygen atoms in total. The van der Waals surface area contributed by atoms with E-state index in [9.17, 15) is 0 Å². The standard InChI is InChI=1S/C22H30N4OS/c1-19(20-8-3-2-4-9-20)24-22(28)26(18-21-10-5-6-11-23-21)13-7-12-25-14-16-27-17-15-25/h2-6,8-11,19H,7,12-18H2,1H3,(H,24,28). The molecule has 1 unspecified atom stereocenters. The molecule has 1 aromatic heterocycles. The van der Waals surface area contributed by atoms with Gasteiger partial charge in [0.15, 0.2) is 5.11 Å². The average Bonchev–Trinajstić information content (AvgIpc) is 2.75. The summed E-state index contributed by atoms with van der Waals surface area (Å²) in [5.41, 5.74) is 2.27. The average molecular weight is 399 g/mol. The van der Waals surface area contributed by atoms with Crippen molar-refractivity contribution in [3.8, 4) is 0 Å². The fraction of sp³-hybridized carbons (Fsp3) is 0.455. The fourth-order valence-electron chi connectivity index (χ4n) is 3.35. The number of nitrogens with one attached hydrogen (secondary N) is 1. The third kappa shape index (κ3) is 6.55. The molecule has 0 aliphatic carbocycles. The molecule has 150 valence electrons. The molecule has 0 amide bonds. The van der Waals surface area contributed by atoms with Crippen molar-refractivity contribution in [1.29, 1.82) is 0 Å². The fourth-order valence-corrected chi connectivity index (χ4v) is 3.68. The van der Waals surface area contributed by atoms with Crippen LogP contribution in [0.5, 0.6) is 0 Å². The van der Waals surface area contributed by atoms with E-state index >= 15 is 0 Å². The molecule has 1 aromatic carbocycles. The zero-order chi connectivity index (χ0) is 19.6. The lowest BCUT2D eigenvalue weighted by Gasteiger charge is -2.30. The van der Waals surface area contributed by atoms with Crippen LogP contribution in [0.2, 0.25) is 0 Å². The number of pyridine rings is 1. The first-order valence-corrected chi connectivity index (χ1v) is 10.4. The van der Waals surface area contributed by atoms with E-state index in [2.05, 4.69) is 57.4 Å². The molecule has 1 saturated heterocycles. The highest BCUT2D eigenvalue weighted by Gasteiger charge is 2.16. The quantitative estimate of drug-likeness (QED) is 0.689. The van der Waals surface area contributed by atoms with Gasteiger partial charge in [0.2, 0.25) is 0 Å². The first kappa shape index (κ1) is 20.7. The van der Waals surface area contributed by atoms with Gasteiger partial charge in [0, 0.05) is 32.4 Å². The summed E-state index contributed by atoms with van der Waals surface area (Å²) in [5, 5.41) is 4.28. The molecule has 1 aliphatic rings. The molecule has 0 saturated carbocycles. The molecule has 6 heteroatoms. The maximum Gasteiger partial charge on any atom is 0.169 e. The number of ether oxygens (including phenoxy) is 1. The summed E-state index contributed by atoms with van der Waals surface area (Å²) in [6.45, 7) is 8.56. The summed E-state index contributed by atoms with van der Waals surface area (Å²) in [5.74, 6) is 0. The molecule has 0 spiro atoms. The van der Waals surface area contributed by atoms with Gasteiger partial charge < -0.3 is 15.0 Å². The number of aromatic nitrogens is 1. The molecule has 1 fully saturated rings. The Balaban J connectivity index is 1.58. The first-order valence-electron chi connectivity index (χ1n) is 10.0. The van der Waals surface area contributed by atoms with Crippen molar-refractivity contribution in [1.82, 2.24) is 20.1 Å². The first-order chi connectivity index (χ1) is 13.7. The Labute approximate surface area is 173 Å². The predicted molar refractivity (Wildman–Crippen MR) is 117 cm³/mol. The number of nitrogens with zero attached hydrogens (tertiary/aromatic N) is 3. The normalized spacial score (nSPS) is 15.8. The van der Waals surface area contributed by atoms with E-state index in [0.29, 0.717) is 0 Å². The predicted octanol–water partition coefficient (Wildman–Crippen LogP) is 3.24. The number of morpholine rings is 1. The van der Waals surface area contributed by atoms with Crippen LogP contribution >= 0.6 is 12.2 Å². The van der Waals surface area contributed by atoms with Crippen molar-refractivity contribution in [3.05, 3.63) is 66.0 Å². The summed E-state index contributed by atoms with van der Waals surface area (Å²) in [4.78, 5) is 9.18. The van der Waals surface area contributed by atoms with Gasteiger partial charge in [-0.05, 0) is 43.3 Å². The lowest BCUT2D eigenvalue weighted by atomic mass is 10.1. The molecule has 1 aliphatic heterocycles. The minimum atomic E-state index is 0.166. The second kappa shape index (κ2) is 11.1. The number of hydrogen-bond acceptors (Lipinski definition) is 4. The summed E-state index contributed by atoms with van der Waals surface area (Å²) < 4.78 is 5.44. The van der Waals surface area contributed by atoms with Crippen LogP contribution in [0.1, 0.15) is 30.6 Å². The van der Waals surface area contributed by atoms with Crippen molar-refractivity contribution in [2.75, 3.05) is 39.4 Å². The second-order valence-electron chi connectivity index (χ2n) is 7.13. The maximum absolute atomic E-state index is 5.77. The molecule has 1 atom stereocenters. The summed E-state index contributed by atoms with van der Waals surface area (Å²) in [6.07, 6.45) is 2.90. The van der Waals surface area contributed by atoms with Gasteiger partial charge in [-0.25, -0.2) is 0 Å². The number of hydrogen-bond donors (Lipinski definition) is 1. The van der Waals surface area contributed by atoms with Crippen LogP contribution in [0, 0.1) is 0 Å². The summed E-state index contributed by atoms with van der Waals surface area (Å²) in [6, 6.07) is 16.6. The molecule has 0 radical (unpaired) electrons. The van der Waals surface area contributed by atoms with Crippen molar-refractivity contribution < 1.29 is 4.74 Å². The molecular formula is C22H30N4OS. The van der Waals surface area contributed by atoms with E-state index in [1.807, 2.05) is 24.4 Å². The van der Waals surface area contributed by atoms with Crippen LogP contribution in [-0.4, -0.2) is 59.3 Å². The van der Waals surface area contributed by atoms with Crippen LogP contribution in [0.15, 0.2) is 54.7 Å². The molecule has 2 heterocycles. The smallest absolute Gasteiger partial charge is 0.169 e. The number of benzene rings is 1. The van der Waals surface area contributed by atoms with Crippen LogP contribution in [0.4, 0.5) is 0 Å². The second-order valence-corrected chi connectivity index (χ2v) is 7.52. The maximum atomic E-state index is 5.77. The third-order valence-electron chi connectivity index (χ3n) is 5.01. The van der Waals surface area contributed by atoms with Gasteiger partial charge in [0.05, 0.1) is 31.5 Å². The van der Waals surface area contributed by atoms with E-state index in [1.165, 1.54) is 5.56 Å². The molecule has 2 aromatic rings. The Morgan fingerprint density at radius 2 is 1.93 bits per heavy atom. The largest absolute Gasteiger partial charge is 0.379 e. The van der Waals surface area contributed by atoms with Crippen LogP contribution in [0.25, 0.3) is 0 Å². The van der Waals surface area contributed by atoms with E-state index < -0.39 is 0 Å². The van der Waals surface area contributed by atoms with Gasteiger partial charge >= 0.3 is 0 Å². The lowest BCUT2D eigenvalue weighted by molar-refractivity contribution is 0.0367. The minimum Gasteiger partial charge on any atom is -0.379 e. The highest BCUT2D eigenvalue weighted by Crippen LogP contribution is 2.13. The topological polar surface area (TPSA) is 40.6 Å². The third-order valence-corrected chi connectivity index (χ3v) is 5.39. The Bertz CT molecular complexity index is 707. The highest BCUT2D eigenvalue weighted by molar-refractivity contribution is 7.80. The van der Waals surface area contributed by atoms with Gasteiger partial charge in [-0.15, -0.1) is 0 Å². The Hall–Kier alpha value is -2.02. The van der Waals surface area contributed by atoms with Gasteiger partial charge in [0.1, 0.15) is 0 Å². The van der Waals surface area contributed by atoms with Crippen molar-refractivity contribution in [3.63, 3.8) is 0 Å². The van der Waals surface area contributed by atoms with E-state index in [4.69, 9.17) is 17.0 Å². The zero-order valence-corrected chi connectivity index (χ0v) is 17.4. The van der Waals surface area contributed by atoms with Gasteiger partial charge in [-0.1, -0.05) is 36.4 Å². The molecule has 1 N–H and O–H groups in total. The van der Waals surface area contributed by atoms with Gasteiger partial charge in [-0.3, -0.25) is 9.88 Å². The minimum absolute atomic E-state index is 0.166. The Morgan fingerprint density at radius 3 is 2.64 bits per heavy atom. The summed E-state index contributed by atoms with van der Waals surface area (Å²) in [7, 11) is 0. The zero-order valence-electron chi connectivity index (χ0n) is 16.6. The van der Waals surface area contributed by atoms with Crippen molar-refractivity contribution in [2.45, 2.75) is 25.9 Å². The lowest BCUT2D eigenvalue weighted by Crippen LogP contribution is -2.43. The van der Waals surface area contributed by atoms with Crippen molar-refractivity contribution in [2.24, 2.45) is 0 Å². The van der Waals surface area contributed by atoms with Gasteiger partial charge in [0.25, 0.3) is 0 Å². The monoisotopic (exact) mass is 398 g/mol. The van der Waals surface area contributed by atoms with Crippen LogP contribution < -0.4 is 5.32 Å². The number of thiocarbonyl (C=S) groups is 1. The SMILES string of the molecule is CC(NC(=S)N(CCCN1CCOCC1)Cc1ccccn1)c1ccccc1. The van der Waals surface area contributed by atoms with E-state index in [1.54, 1.807) is 0 Å². The van der Waals surface area contributed by atoms with Crippen LogP contribution in [0.3, 0.4) is 0 Å². The van der Waals surface area contributed by atoms with E-state index in [-0.39, 0.29) is 6.04 Å². The Morgan fingerprint density at radius 1 is 1.18 bits per heavy atom. The molecule has 28 heavy (non-hydrogen) atoms. The summed E-state index contributed by atoms with van der Waals surface area (Å²) >= 11 is 5.77. The molecular weight excluding hydrogens is 368 g/mol. The van der Waals surface area contributed by atoms with Crippen molar-refractivity contribution >= 4 is 17.3 Å². The van der Waals surface area contributed by atoms with E-state index in [0.717, 1.165) is 63.2 Å².